The highest BCUT2D eigenvalue weighted by Crippen LogP contribution is 2.23. The minimum Gasteiger partial charge on any atom is -0.330 e. The molecule has 2 heterocycles. The van der Waals surface area contributed by atoms with Crippen LogP contribution in [0, 0.1) is 0 Å². The number of fused-ring (bicyclic) bond motifs is 1. The molecule has 2 aromatic heterocycles. The molecule has 0 aliphatic carbocycles. The zero-order valence-electron chi connectivity index (χ0n) is 9.14. The molecular formula is C10H14N4S2. The van der Waals surface area contributed by atoms with Gasteiger partial charge in [-0.2, -0.15) is 0 Å². The van der Waals surface area contributed by atoms with Crippen LogP contribution in [-0.2, 0) is 6.42 Å². The lowest BCUT2D eigenvalue weighted by Crippen LogP contribution is -1.99. The van der Waals surface area contributed by atoms with Crippen LogP contribution in [0.3, 0.4) is 0 Å². The Hall–Kier alpha value is -0.720. The molecule has 4 nitrogen and oxygen atoms in total. The van der Waals surface area contributed by atoms with Gasteiger partial charge in [0.05, 0.1) is 11.2 Å². The van der Waals surface area contributed by atoms with Crippen LogP contribution < -0.4 is 5.73 Å². The minimum atomic E-state index is 0.707. The SMILES string of the molecule is CCSc1ncc2nc(CCCN)sc2n1. The number of hydrogen-bond donors (Lipinski definition) is 1. The van der Waals surface area contributed by atoms with Gasteiger partial charge in [-0.25, -0.2) is 15.0 Å². The van der Waals surface area contributed by atoms with Crippen LogP contribution in [0.15, 0.2) is 11.4 Å². The topological polar surface area (TPSA) is 64.7 Å². The third kappa shape index (κ3) is 2.69. The second-order valence-electron chi connectivity index (χ2n) is 3.28. The van der Waals surface area contributed by atoms with E-state index in [1.54, 1.807) is 23.1 Å². The predicted molar refractivity (Wildman–Crippen MR) is 69.0 cm³/mol. The summed E-state index contributed by atoms with van der Waals surface area (Å²) in [5.41, 5.74) is 6.38. The molecule has 0 radical (unpaired) electrons. The highest BCUT2D eigenvalue weighted by molar-refractivity contribution is 7.99. The Morgan fingerprint density at radius 3 is 3.06 bits per heavy atom. The van der Waals surface area contributed by atoms with Gasteiger partial charge in [0, 0.05) is 6.42 Å². The second-order valence-corrected chi connectivity index (χ2v) is 5.57. The first-order chi connectivity index (χ1) is 7.83. The van der Waals surface area contributed by atoms with E-state index in [2.05, 4.69) is 21.9 Å². The summed E-state index contributed by atoms with van der Waals surface area (Å²) in [7, 11) is 0. The fourth-order valence-electron chi connectivity index (χ4n) is 1.32. The number of nitrogens with two attached hydrogens (primary N) is 1. The lowest BCUT2D eigenvalue weighted by atomic mass is 10.3. The van der Waals surface area contributed by atoms with Gasteiger partial charge in [-0.1, -0.05) is 30.0 Å². The van der Waals surface area contributed by atoms with E-state index < -0.39 is 0 Å². The van der Waals surface area contributed by atoms with Crippen molar-refractivity contribution in [2.45, 2.75) is 24.9 Å². The molecule has 0 unspecified atom stereocenters. The summed E-state index contributed by atoms with van der Waals surface area (Å²) < 4.78 is 0. The average Bonchev–Trinajstić information content (AvgIpc) is 2.68. The van der Waals surface area contributed by atoms with Crippen LogP contribution in [0.1, 0.15) is 18.4 Å². The van der Waals surface area contributed by atoms with E-state index >= 15 is 0 Å². The number of aromatic nitrogens is 3. The van der Waals surface area contributed by atoms with Gasteiger partial charge < -0.3 is 5.73 Å². The number of thioether (sulfide) groups is 1. The smallest absolute Gasteiger partial charge is 0.188 e. The summed E-state index contributed by atoms with van der Waals surface area (Å²) in [6, 6.07) is 0. The lowest BCUT2D eigenvalue weighted by molar-refractivity contribution is 0.828. The Labute approximate surface area is 103 Å². The normalized spacial score (nSPS) is 11.1. The standard InChI is InChI=1S/C10H14N4S2/c1-2-15-10-12-6-7-9(14-10)16-8(13-7)4-3-5-11/h6H,2-5,11H2,1H3. The summed E-state index contributed by atoms with van der Waals surface area (Å²) in [6.07, 6.45) is 3.72. The zero-order chi connectivity index (χ0) is 11.4. The first kappa shape index (κ1) is 11.8. The van der Waals surface area contributed by atoms with Crippen molar-refractivity contribution in [3.05, 3.63) is 11.2 Å². The van der Waals surface area contributed by atoms with E-state index in [-0.39, 0.29) is 0 Å². The Morgan fingerprint density at radius 1 is 1.44 bits per heavy atom. The lowest BCUT2D eigenvalue weighted by Gasteiger charge is -1.93. The van der Waals surface area contributed by atoms with Crippen LogP contribution in [-0.4, -0.2) is 27.2 Å². The monoisotopic (exact) mass is 254 g/mol. The molecule has 0 aliphatic rings. The fraction of sp³-hybridized carbons (Fsp3) is 0.500. The van der Waals surface area contributed by atoms with Crippen LogP contribution in [0.25, 0.3) is 10.3 Å². The fourth-order valence-corrected chi connectivity index (χ4v) is 2.87. The van der Waals surface area contributed by atoms with Crippen molar-refractivity contribution in [1.82, 2.24) is 15.0 Å². The van der Waals surface area contributed by atoms with Crippen LogP contribution >= 0.6 is 23.1 Å². The Morgan fingerprint density at radius 2 is 2.31 bits per heavy atom. The molecule has 0 saturated carbocycles. The minimum absolute atomic E-state index is 0.707. The molecule has 86 valence electrons. The van der Waals surface area contributed by atoms with Gasteiger partial charge in [0.1, 0.15) is 10.3 Å². The largest absolute Gasteiger partial charge is 0.330 e. The van der Waals surface area contributed by atoms with Gasteiger partial charge in [0.2, 0.25) is 0 Å². The molecule has 0 fully saturated rings. The van der Waals surface area contributed by atoms with E-state index in [0.29, 0.717) is 6.54 Å². The summed E-state index contributed by atoms with van der Waals surface area (Å²) in [6.45, 7) is 2.80. The van der Waals surface area contributed by atoms with Crippen molar-refractivity contribution < 1.29 is 0 Å². The number of hydrogen-bond acceptors (Lipinski definition) is 6. The van der Waals surface area contributed by atoms with Gasteiger partial charge in [0.15, 0.2) is 5.16 Å². The maximum atomic E-state index is 5.48. The molecule has 2 aromatic rings. The molecule has 0 atom stereocenters. The molecule has 0 saturated heterocycles. The Kier molecular flexibility index (Phi) is 4.09. The molecule has 2 N–H and O–H groups in total. The molecule has 2 rings (SSSR count). The number of aryl methyl sites for hydroxylation is 1. The maximum absolute atomic E-state index is 5.48. The van der Waals surface area contributed by atoms with Crippen molar-refractivity contribution in [3.63, 3.8) is 0 Å². The summed E-state index contributed by atoms with van der Waals surface area (Å²) in [4.78, 5) is 14.2. The molecule has 0 aliphatic heterocycles. The Bertz CT molecular complexity index is 469. The average molecular weight is 254 g/mol. The molecule has 6 heteroatoms. The molecule has 0 aromatic carbocycles. The molecular weight excluding hydrogens is 240 g/mol. The third-order valence-corrected chi connectivity index (χ3v) is 3.81. The quantitative estimate of drug-likeness (QED) is 0.654. The van der Waals surface area contributed by atoms with Gasteiger partial charge in [-0.3, -0.25) is 0 Å². The molecule has 16 heavy (non-hydrogen) atoms. The third-order valence-electron chi connectivity index (χ3n) is 2.04. The van der Waals surface area contributed by atoms with Gasteiger partial charge >= 0.3 is 0 Å². The van der Waals surface area contributed by atoms with Crippen LogP contribution in [0.5, 0.6) is 0 Å². The second kappa shape index (κ2) is 5.56. The highest BCUT2D eigenvalue weighted by atomic mass is 32.2. The predicted octanol–water partition coefficient (Wildman–Crippen LogP) is 2.09. The number of rotatable bonds is 5. The van der Waals surface area contributed by atoms with E-state index in [0.717, 1.165) is 39.1 Å². The van der Waals surface area contributed by atoms with Crippen molar-refractivity contribution in [3.8, 4) is 0 Å². The van der Waals surface area contributed by atoms with E-state index in [1.165, 1.54) is 0 Å². The summed E-state index contributed by atoms with van der Waals surface area (Å²) >= 11 is 3.30. The molecule has 0 spiro atoms. The van der Waals surface area contributed by atoms with Gasteiger partial charge in [-0.05, 0) is 18.7 Å². The number of nitrogens with zero attached hydrogens (tertiary/aromatic N) is 3. The maximum Gasteiger partial charge on any atom is 0.188 e. The first-order valence-electron chi connectivity index (χ1n) is 5.28. The summed E-state index contributed by atoms with van der Waals surface area (Å²) in [5.74, 6) is 0.990. The van der Waals surface area contributed by atoms with E-state index in [9.17, 15) is 0 Å². The van der Waals surface area contributed by atoms with E-state index in [1.807, 2.05) is 6.20 Å². The van der Waals surface area contributed by atoms with Crippen molar-refractivity contribution in [2.24, 2.45) is 5.73 Å². The molecule has 0 amide bonds. The first-order valence-corrected chi connectivity index (χ1v) is 7.09. The van der Waals surface area contributed by atoms with Crippen molar-refractivity contribution >= 4 is 33.4 Å². The van der Waals surface area contributed by atoms with Gasteiger partial charge in [0.25, 0.3) is 0 Å². The highest BCUT2D eigenvalue weighted by Gasteiger charge is 2.06. The van der Waals surface area contributed by atoms with Crippen LogP contribution in [0.4, 0.5) is 0 Å². The van der Waals surface area contributed by atoms with Gasteiger partial charge in [-0.15, -0.1) is 0 Å². The molecule has 0 bridgehead atoms. The van der Waals surface area contributed by atoms with E-state index in [4.69, 9.17) is 5.73 Å². The summed E-state index contributed by atoms with van der Waals surface area (Å²) in [5, 5.41) is 1.94. The van der Waals surface area contributed by atoms with Crippen molar-refractivity contribution in [2.75, 3.05) is 12.3 Å². The zero-order valence-corrected chi connectivity index (χ0v) is 10.8. The Balaban J connectivity index is 2.23. The number of thiazole rings is 1. The van der Waals surface area contributed by atoms with Crippen molar-refractivity contribution in [1.29, 1.82) is 0 Å². The van der Waals surface area contributed by atoms with Crippen LogP contribution in [0.2, 0.25) is 0 Å².